The van der Waals surface area contributed by atoms with Crippen LogP contribution in [0.4, 0.5) is 4.39 Å². The molecule has 1 N–H and O–H groups in total. The lowest BCUT2D eigenvalue weighted by Gasteiger charge is -2.09. The second-order valence-corrected chi connectivity index (χ2v) is 7.86. The molecule has 0 saturated heterocycles. The summed E-state index contributed by atoms with van der Waals surface area (Å²) < 4.78 is 43.6. The number of halogens is 1. The zero-order valence-electron chi connectivity index (χ0n) is 14.9. The molecule has 2 aromatic carbocycles. The van der Waals surface area contributed by atoms with E-state index in [4.69, 9.17) is 4.74 Å². The van der Waals surface area contributed by atoms with Crippen LogP contribution in [0.15, 0.2) is 60.7 Å². The van der Waals surface area contributed by atoms with Crippen LogP contribution in [-0.2, 0) is 16.6 Å². The van der Waals surface area contributed by atoms with Gasteiger partial charge in [-0.2, -0.15) is 5.26 Å². The predicted octanol–water partition coefficient (Wildman–Crippen LogP) is 3.60. The van der Waals surface area contributed by atoms with E-state index in [2.05, 4.69) is 9.71 Å². The molecule has 28 heavy (non-hydrogen) atoms. The number of benzene rings is 2. The third-order valence-corrected chi connectivity index (χ3v) is 4.41. The molecule has 142 valence electrons. The van der Waals surface area contributed by atoms with Gasteiger partial charge < -0.3 is 4.74 Å². The van der Waals surface area contributed by atoms with Crippen LogP contribution in [0.25, 0.3) is 11.3 Å². The highest BCUT2D eigenvalue weighted by Crippen LogP contribution is 2.26. The van der Waals surface area contributed by atoms with E-state index in [0.717, 1.165) is 11.8 Å². The molecule has 3 rings (SSSR count). The summed E-state index contributed by atoms with van der Waals surface area (Å²) in [5, 5.41) is 9.19. The summed E-state index contributed by atoms with van der Waals surface area (Å²) in [6, 6.07) is 17.9. The first-order chi connectivity index (χ1) is 13.3. The summed E-state index contributed by atoms with van der Waals surface area (Å²) in [6.45, 7) is 0.0643. The molecular weight excluding hydrogens is 381 g/mol. The second-order valence-electron chi connectivity index (χ2n) is 6.03. The molecular formula is C20H16FN3O3S. The molecule has 0 unspecified atom stereocenters. The topological polar surface area (TPSA) is 92.1 Å². The van der Waals surface area contributed by atoms with Crippen LogP contribution < -0.4 is 9.46 Å². The van der Waals surface area contributed by atoms with Gasteiger partial charge in [0.15, 0.2) is 0 Å². The number of hydrogen-bond donors (Lipinski definition) is 1. The highest BCUT2D eigenvalue weighted by molar-refractivity contribution is 7.88. The van der Waals surface area contributed by atoms with Crippen LogP contribution in [0.5, 0.6) is 11.5 Å². The third kappa shape index (κ3) is 5.36. The molecule has 0 saturated carbocycles. The van der Waals surface area contributed by atoms with E-state index in [9.17, 15) is 18.1 Å². The Labute approximate surface area is 162 Å². The summed E-state index contributed by atoms with van der Waals surface area (Å²) in [5.41, 5.74) is 2.09. The van der Waals surface area contributed by atoms with E-state index >= 15 is 0 Å². The molecule has 0 aliphatic heterocycles. The Morgan fingerprint density at radius 3 is 2.25 bits per heavy atom. The SMILES string of the molecule is CS(=O)(=O)NCc1cc(C#N)nc(-c2ccc(Oc3ccc(F)cc3)cc2)c1. The molecule has 3 aromatic rings. The maximum Gasteiger partial charge on any atom is 0.209 e. The Morgan fingerprint density at radius 2 is 1.68 bits per heavy atom. The Kier molecular flexibility index (Phi) is 5.68. The van der Waals surface area contributed by atoms with Crippen LogP contribution in [0.3, 0.4) is 0 Å². The summed E-state index contributed by atoms with van der Waals surface area (Å²) in [6.07, 6.45) is 1.07. The van der Waals surface area contributed by atoms with Gasteiger partial charge in [0.25, 0.3) is 0 Å². The van der Waals surface area contributed by atoms with Gasteiger partial charge in [-0.1, -0.05) is 0 Å². The number of pyridine rings is 1. The maximum absolute atomic E-state index is 13.0. The fraction of sp³-hybridized carbons (Fsp3) is 0.100. The number of nitriles is 1. The van der Waals surface area contributed by atoms with Crippen molar-refractivity contribution in [2.45, 2.75) is 6.54 Å². The number of ether oxygens (including phenoxy) is 1. The predicted molar refractivity (Wildman–Crippen MR) is 103 cm³/mol. The molecule has 0 amide bonds. The average Bonchev–Trinajstić information content (AvgIpc) is 2.68. The Hall–Kier alpha value is -3.28. The summed E-state index contributed by atoms with van der Waals surface area (Å²) in [4.78, 5) is 4.27. The maximum atomic E-state index is 13.0. The molecule has 0 aliphatic rings. The number of aromatic nitrogens is 1. The van der Waals surface area contributed by atoms with E-state index in [1.807, 2.05) is 6.07 Å². The van der Waals surface area contributed by atoms with Crippen molar-refractivity contribution in [3.8, 4) is 28.8 Å². The van der Waals surface area contributed by atoms with Gasteiger partial charge in [0.05, 0.1) is 11.9 Å². The standard InChI is InChI=1S/C20H16FN3O3S/c1-28(25,26)23-13-14-10-17(12-22)24-20(11-14)15-2-6-18(7-3-15)27-19-8-4-16(21)5-9-19/h2-11,23H,13H2,1H3. The van der Waals surface area contributed by atoms with E-state index in [1.54, 1.807) is 30.3 Å². The van der Waals surface area contributed by atoms with E-state index < -0.39 is 10.0 Å². The Morgan fingerprint density at radius 1 is 1.07 bits per heavy atom. The smallest absolute Gasteiger partial charge is 0.209 e. The van der Waals surface area contributed by atoms with Crippen molar-refractivity contribution in [3.05, 3.63) is 77.7 Å². The highest BCUT2D eigenvalue weighted by atomic mass is 32.2. The Bertz CT molecular complexity index is 1120. The van der Waals surface area contributed by atoms with Gasteiger partial charge in [-0.3, -0.25) is 0 Å². The van der Waals surface area contributed by atoms with Crippen molar-refractivity contribution >= 4 is 10.0 Å². The number of rotatable bonds is 6. The average molecular weight is 397 g/mol. The zero-order valence-corrected chi connectivity index (χ0v) is 15.7. The van der Waals surface area contributed by atoms with Crippen molar-refractivity contribution in [3.63, 3.8) is 0 Å². The Balaban J connectivity index is 1.82. The van der Waals surface area contributed by atoms with E-state index in [-0.39, 0.29) is 18.1 Å². The van der Waals surface area contributed by atoms with Crippen molar-refractivity contribution in [2.75, 3.05) is 6.26 Å². The molecule has 1 aromatic heterocycles. The molecule has 1 heterocycles. The zero-order chi connectivity index (χ0) is 20.1. The summed E-state index contributed by atoms with van der Waals surface area (Å²) >= 11 is 0. The van der Waals surface area contributed by atoms with E-state index in [1.165, 1.54) is 30.3 Å². The van der Waals surface area contributed by atoms with Crippen LogP contribution in [0.2, 0.25) is 0 Å². The minimum absolute atomic E-state index is 0.0643. The largest absolute Gasteiger partial charge is 0.457 e. The van der Waals surface area contributed by atoms with Gasteiger partial charge in [-0.25, -0.2) is 22.5 Å². The van der Waals surface area contributed by atoms with Gasteiger partial charge in [0.1, 0.15) is 29.1 Å². The van der Waals surface area contributed by atoms with Crippen molar-refractivity contribution < 1.29 is 17.5 Å². The van der Waals surface area contributed by atoms with E-state index in [0.29, 0.717) is 22.8 Å². The lowest BCUT2D eigenvalue weighted by molar-refractivity contribution is 0.480. The fourth-order valence-electron chi connectivity index (χ4n) is 2.44. The first-order valence-electron chi connectivity index (χ1n) is 8.22. The highest BCUT2D eigenvalue weighted by Gasteiger charge is 2.08. The van der Waals surface area contributed by atoms with Gasteiger partial charge >= 0.3 is 0 Å². The summed E-state index contributed by atoms with van der Waals surface area (Å²) in [7, 11) is -3.35. The monoisotopic (exact) mass is 397 g/mol. The molecule has 0 spiro atoms. The quantitative estimate of drug-likeness (QED) is 0.686. The van der Waals surface area contributed by atoms with Crippen LogP contribution >= 0.6 is 0 Å². The normalized spacial score (nSPS) is 11.0. The van der Waals surface area contributed by atoms with Gasteiger partial charge in [-0.05, 0) is 66.2 Å². The number of hydrogen-bond acceptors (Lipinski definition) is 5. The molecule has 0 atom stereocenters. The first-order valence-corrected chi connectivity index (χ1v) is 10.1. The molecule has 0 aliphatic carbocycles. The first kappa shape index (κ1) is 19.5. The lowest BCUT2D eigenvalue weighted by Crippen LogP contribution is -2.21. The number of sulfonamides is 1. The number of nitrogens with zero attached hydrogens (tertiary/aromatic N) is 2. The lowest BCUT2D eigenvalue weighted by atomic mass is 10.1. The minimum Gasteiger partial charge on any atom is -0.457 e. The minimum atomic E-state index is -3.35. The van der Waals surface area contributed by atoms with Crippen molar-refractivity contribution in [1.29, 1.82) is 5.26 Å². The van der Waals surface area contributed by atoms with Crippen molar-refractivity contribution in [2.24, 2.45) is 0 Å². The third-order valence-electron chi connectivity index (χ3n) is 3.74. The molecule has 0 fully saturated rings. The number of nitrogens with one attached hydrogen (secondary N) is 1. The van der Waals surface area contributed by atoms with Crippen LogP contribution in [0.1, 0.15) is 11.3 Å². The summed E-state index contributed by atoms with van der Waals surface area (Å²) in [5.74, 6) is 0.728. The van der Waals surface area contributed by atoms with Gasteiger partial charge in [0.2, 0.25) is 10.0 Å². The van der Waals surface area contributed by atoms with Gasteiger partial charge in [0, 0.05) is 12.1 Å². The molecule has 0 radical (unpaired) electrons. The molecule has 6 nitrogen and oxygen atoms in total. The molecule has 8 heteroatoms. The van der Waals surface area contributed by atoms with Crippen LogP contribution in [-0.4, -0.2) is 19.7 Å². The fourth-order valence-corrected chi connectivity index (χ4v) is 2.87. The van der Waals surface area contributed by atoms with Gasteiger partial charge in [-0.15, -0.1) is 0 Å². The van der Waals surface area contributed by atoms with Crippen molar-refractivity contribution in [1.82, 2.24) is 9.71 Å². The molecule has 0 bridgehead atoms. The second kappa shape index (κ2) is 8.17. The van der Waals surface area contributed by atoms with Crippen LogP contribution in [0, 0.1) is 17.1 Å².